The van der Waals surface area contributed by atoms with E-state index in [-0.39, 0.29) is 38.2 Å². The van der Waals surface area contributed by atoms with Crippen molar-refractivity contribution in [3.8, 4) is 0 Å². The second kappa shape index (κ2) is 77.4. The van der Waals surface area contributed by atoms with Gasteiger partial charge in [-0.25, -0.2) is 4.79 Å². The highest BCUT2D eigenvalue weighted by atomic mass is 16.7. The highest BCUT2D eigenvalue weighted by molar-refractivity contribution is 5.71. The number of ether oxygens (including phenoxy) is 4. The maximum absolute atomic E-state index is 13.0. The molecule has 0 rings (SSSR count). The van der Waals surface area contributed by atoms with E-state index in [1.54, 1.807) is 0 Å². The van der Waals surface area contributed by atoms with Gasteiger partial charge in [0.25, 0.3) is 6.29 Å². The third kappa shape index (κ3) is 78.9. The summed E-state index contributed by atoms with van der Waals surface area (Å²) in [5, 5.41) is 9.78. The molecule has 0 aliphatic carbocycles. The number of unbranched alkanes of at least 4 members (excludes halogenated alkanes) is 40. The minimum absolute atomic E-state index is 0.182. The van der Waals surface area contributed by atoms with E-state index >= 15 is 0 Å². The lowest BCUT2D eigenvalue weighted by Gasteiger charge is -2.25. The van der Waals surface area contributed by atoms with Crippen LogP contribution in [0.15, 0.2) is 122 Å². The molecular formula is C88H154NO8+. The number of carboxylic acid groups (broad SMARTS) is 1. The van der Waals surface area contributed by atoms with Crippen LogP contribution >= 0.6 is 0 Å². The average Bonchev–Trinajstić information content (AvgIpc) is 3.27. The van der Waals surface area contributed by atoms with Crippen LogP contribution in [-0.2, 0) is 33.3 Å². The molecule has 97 heavy (non-hydrogen) atoms. The van der Waals surface area contributed by atoms with Gasteiger partial charge in [-0.1, -0.05) is 367 Å². The molecular weight excluding hydrogens is 1200 g/mol. The molecule has 0 aromatic rings. The fourth-order valence-corrected chi connectivity index (χ4v) is 11.6. The molecule has 0 saturated carbocycles. The number of rotatable bonds is 75. The minimum Gasteiger partial charge on any atom is -0.477 e. The molecule has 2 unspecified atom stereocenters. The van der Waals surface area contributed by atoms with Gasteiger partial charge in [-0.15, -0.1) is 0 Å². The van der Waals surface area contributed by atoms with Crippen LogP contribution in [0.3, 0.4) is 0 Å². The molecule has 0 fully saturated rings. The Bertz CT molecular complexity index is 2020. The van der Waals surface area contributed by atoms with Crippen molar-refractivity contribution in [1.82, 2.24) is 0 Å². The number of carboxylic acids is 1. The number of carbonyl (C=O) groups is 3. The fourth-order valence-electron chi connectivity index (χ4n) is 11.6. The smallest absolute Gasteiger partial charge is 0.361 e. The molecule has 0 aromatic carbocycles. The number of carbonyl (C=O) groups excluding carboxylic acids is 2. The first-order valence-electron chi connectivity index (χ1n) is 40.7. The Morgan fingerprint density at radius 1 is 0.309 bits per heavy atom. The van der Waals surface area contributed by atoms with Crippen LogP contribution in [0, 0.1) is 0 Å². The van der Waals surface area contributed by atoms with Gasteiger partial charge in [0.05, 0.1) is 34.4 Å². The monoisotopic (exact) mass is 1350 g/mol. The summed E-state index contributed by atoms with van der Waals surface area (Å²) in [5.74, 6) is -1.99. The summed E-state index contributed by atoms with van der Waals surface area (Å²) < 4.78 is 23.1. The summed E-state index contributed by atoms with van der Waals surface area (Å²) in [6, 6.07) is 0. The molecule has 0 amide bonds. The van der Waals surface area contributed by atoms with Gasteiger partial charge in [0.15, 0.2) is 6.10 Å². The van der Waals surface area contributed by atoms with Gasteiger partial charge in [0, 0.05) is 12.8 Å². The van der Waals surface area contributed by atoms with Crippen molar-refractivity contribution in [2.45, 2.75) is 373 Å². The maximum Gasteiger partial charge on any atom is 0.361 e. The van der Waals surface area contributed by atoms with Gasteiger partial charge in [0.1, 0.15) is 13.2 Å². The van der Waals surface area contributed by atoms with Gasteiger partial charge >= 0.3 is 17.9 Å². The zero-order valence-corrected chi connectivity index (χ0v) is 64.0. The molecule has 0 heterocycles. The van der Waals surface area contributed by atoms with E-state index < -0.39 is 18.4 Å². The third-order valence-corrected chi connectivity index (χ3v) is 17.7. The van der Waals surface area contributed by atoms with Gasteiger partial charge < -0.3 is 28.5 Å². The fraction of sp³-hybridized carbons (Fsp3) is 0.739. The molecule has 2 atom stereocenters. The Hall–Kier alpha value is -4.31. The first kappa shape index (κ1) is 92.7. The van der Waals surface area contributed by atoms with Gasteiger partial charge in [0.2, 0.25) is 0 Å². The van der Waals surface area contributed by atoms with Crippen LogP contribution in [0.4, 0.5) is 0 Å². The molecule has 0 bridgehead atoms. The van der Waals surface area contributed by atoms with E-state index in [0.717, 1.165) is 103 Å². The summed E-state index contributed by atoms with van der Waals surface area (Å²) in [4.78, 5) is 37.8. The van der Waals surface area contributed by atoms with Crippen LogP contribution in [0.2, 0.25) is 0 Å². The Morgan fingerprint density at radius 2 is 0.557 bits per heavy atom. The number of aliphatic carboxylic acids is 1. The quantitative estimate of drug-likeness (QED) is 0.0211. The van der Waals surface area contributed by atoms with Crippen molar-refractivity contribution in [2.24, 2.45) is 0 Å². The number of likely N-dealkylation sites (N-methyl/N-ethyl adjacent to an activating group) is 1. The molecule has 0 aromatic heterocycles. The van der Waals surface area contributed by atoms with Crippen molar-refractivity contribution < 1.29 is 42.9 Å². The normalized spacial score (nSPS) is 13.3. The number of esters is 2. The molecule has 0 radical (unpaired) electrons. The van der Waals surface area contributed by atoms with Crippen LogP contribution in [-0.4, -0.2) is 87.4 Å². The summed E-state index contributed by atoms with van der Waals surface area (Å²) in [6.45, 7) is 4.69. The molecule has 0 aliphatic heterocycles. The first-order chi connectivity index (χ1) is 47.6. The Balaban J connectivity index is 3.98. The van der Waals surface area contributed by atoms with Gasteiger partial charge in [-0.05, 0) is 103 Å². The zero-order valence-electron chi connectivity index (χ0n) is 64.0. The minimum atomic E-state index is -1.51. The Morgan fingerprint density at radius 3 is 0.825 bits per heavy atom. The maximum atomic E-state index is 13.0. The van der Waals surface area contributed by atoms with Gasteiger partial charge in [-0.2, -0.15) is 0 Å². The van der Waals surface area contributed by atoms with Crippen molar-refractivity contribution in [3.05, 3.63) is 122 Å². The van der Waals surface area contributed by atoms with E-state index in [0.29, 0.717) is 17.4 Å². The summed E-state index contributed by atoms with van der Waals surface area (Å²) in [7, 11) is 5.99. The molecule has 1 N–H and O–H groups in total. The molecule has 558 valence electrons. The Kier molecular flexibility index (Phi) is 74.0. The van der Waals surface area contributed by atoms with Crippen LogP contribution in [0.1, 0.15) is 361 Å². The SMILES string of the molecule is CC/C=C\C/C=C\C/C=C\C/C=C\C/C=C\CCCCCCCCCCCCCCCCCCCCCCCCCCCC(=O)OC(COC(=O)CCCCCCCCCCCCCCCCC/C=C\C/C=C\C/C=C\C/C=C\C/C=C\CC)COC(OCC[N+](C)(C)C)C(=O)O. The predicted molar refractivity (Wildman–Crippen MR) is 419 cm³/mol. The first-order valence-corrected chi connectivity index (χ1v) is 40.7. The highest BCUT2D eigenvalue weighted by Crippen LogP contribution is 2.19. The average molecular weight is 1350 g/mol. The second-order valence-electron chi connectivity index (χ2n) is 28.3. The number of allylic oxidation sites excluding steroid dienone is 20. The van der Waals surface area contributed by atoms with Crippen LogP contribution in [0.5, 0.6) is 0 Å². The molecule has 0 spiro atoms. The lowest BCUT2D eigenvalue weighted by atomic mass is 10.0. The lowest BCUT2D eigenvalue weighted by Crippen LogP contribution is -2.40. The molecule has 9 heteroatoms. The van der Waals surface area contributed by atoms with Gasteiger partial charge in [-0.3, -0.25) is 9.59 Å². The summed E-state index contributed by atoms with van der Waals surface area (Å²) >= 11 is 0. The van der Waals surface area contributed by atoms with Crippen LogP contribution < -0.4 is 0 Å². The number of nitrogens with zero attached hydrogens (tertiary/aromatic N) is 1. The van der Waals surface area contributed by atoms with E-state index in [4.69, 9.17) is 18.9 Å². The molecule has 9 nitrogen and oxygen atoms in total. The van der Waals surface area contributed by atoms with E-state index in [1.165, 1.54) is 231 Å². The van der Waals surface area contributed by atoms with Crippen molar-refractivity contribution in [2.75, 3.05) is 47.5 Å². The predicted octanol–water partition coefficient (Wildman–Crippen LogP) is 26.3. The third-order valence-electron chi connectivity index (χ3n) is 17.7. The van der Waals surface area contributed by atoms with Crippen molar-refractivity contribution in [1.29, 1.82) is 0 Å². The Labute approximate surface area is 599 Å². The summed E-state index contributed by atoms with van der Waals surface area (Å²) in [6.07, 6.45) is 108. The topological polar surface area (TPSA) is 108 Å². The standard InChI is InChI=1S/C88H153NO8/c1-6-8-10-12-14-16-18-20-22-24-26-28-30-32-34-36-38-39-40-41-42-43-44-45-46-47-49-51-53-55-57-59-61-63-65-67-69-71-73-75-77-79-86(91)97-84(83-96-88(87(92)93)94-81-80-89(3,4)5)82-95-85(90)78-76-74-72-70-68-66-64-62-60-58-56-54-52-50-48-37-35-33-31-29-27-25-23-21-19-17-15-13-11-9-7-2/h8-11,14-17,20-23,26-29,32-35,84,88H,6-7,12-13,18-19,24-25,30-31,36-83H2,1-5H3/p+1/b10-8-,11-9-,16-14-,17-15-,22-20-,23-21-,28-26-,29-27-,34-32-,35-33-. The van der Waals surface area contributed by atoms with Crippen molar-refractivity contribution >= 4 is 17.9 Å². The number of quaternary nitrogens is 1. The number of hydrogen-bond acceptors (Lipinski definition) is 7. The van der Waals surface area contributed by atoms with E-state index in [9.17, 15) is 19.5 Å². The molecule has 0 saturated heterocycles. The lowest BCUT2D eigenvalue weighted by molar-refractivity contribution is -0.870. The van der Waals surface area contributed by atoms with Crippen molar-refractivity contribution in [3.63, 3.8) is 0 Å². The highest BCUT2D eigenvalue weighted by Gasteiger charge is 2.25. The number of hydrogen-bond donors (Lipinski definition) is 1. The zero-order chi connectivity index (χ0) is 70.4. The second-order valence-corrected chi connectivity index (χ2v) is 28.3. The molecule has 0 aliphatic rings. The van der Waals surface area contributed by atoms with E-state index in [2.05, 4.69) is 135 Å². The van der Waals surface area contributed by atoms with Crippen LogP contribution in [0.25, 0.3) is 0 Å². The van der Waals surface area contributed by atoms with E-state index in [1.807, 2.05) is 21.1 Å². The summed E-state index contributed by atoms with van der Waals surface area (Å²) in [5.41, 5.74) is 0. The largest absolute Gasteiger partial charge is 0.477 e.